The average molecular weight is 392 g/mol. The molecule has 3 rings (SSSR count). The molecule has 1 heterocycles. The molecule has 27 heavy (non-hydrogen) atoms. The number of aryl methyl sites for hydroxylation is 1. The van der Waals surface area contributed by atoms with Gasteiger partial charge >= 0.3 is 0 Å². The second-order valence-electron chi connectivity index (χ2n) is 6.41. The maximum Gasteiger partial charge on any atom is 0.252 e. The monoisotopic (exact) mass is 392 g/mol. The van der Waals surface area contributed by atoms with Crippen LogP contribution in [0.3, 0.4) is 0 Å². The fourth-order valence-corrected chi connectivity index (χ4v) is 4.30. The third-order valence-corrected chi connectivity index (χ3v) is 5.58. The van der Waals surface area contributed by atoms with E-state index in [1.54, 1.807) is 17.0 Å². The number of sulfonamides is 1. The number of amides is 1. The lowest BCUT2D eigenvalue weighted by atomic mass is 10.0. The number of rotatable bonds is 6. The van der Waals surface area contributed by atoms with Crippen LogP contribution in [0.15, 0.2) is 42.5 Å². The lowest BCUT2D eigenvalue weighted by Gasteiger charge is -2.30. The van der Waals surface area contributed by atoms with Crippen molar-refractivity contribution in [3.8, 4) is 0 Å². The SMILES string of the molecule is COCC(=O)N1CCCc2ccc(NS(=O)(=O)Cc3ccc(F)cc3)cc21. The van der Waals surface area contributed by atoms with Crippen molar-refractivity contribution >= 4 is 27.3 Å². The zero-order chi connectivity index (χ0) is 19.4. The van der Waals surface area contributed by atoms with Crippen molar-refractivity contribution in [2.75, 3.05) is 29.9 Å². The smallest absolute Gasteiger partial charge is 0.252 e. The maximum absolute atomic E-state index is 13.0. The molecule has 0 atom stereocenters. The van der Waals surface area contributed by atoms with Crippen molar-refractivity contribution in [1.82, 2.24) is 0 Å². The number of benzene rings is 2. The van der Waals surface area contributed by atoms with E-state index in [-0.39, 0.29) is 18.3 Å². The lowest BCUT2D eigenvalue weighted by Crippen LogP contribution is -2.37. The second kappa shape index (κ2) is 8.06. The van der Waals surface area contributed by atoms with Crippen LogP contribution < -0.4 is 9.62 Å². The summed E-state index contributed by atoms with van der Waals surface area (Å²) in [5.74, 6) is -0.846. The number of nitrogens with zero attached hydrogens (tertiary/aromatic N) is 1. The number of carbonyl (C=O) groups excluding carboxylic acids is 1. The van der Waals surface area contributed by atoms with E-state index in [0.29, 0.717) is 23.5 Å². The summed E-state index contributed by atoms with van der Waals surface area (Å²) in [6, 6.07) is 10.5. The Morgan fingerprint density at radius 2 is 1.96 bits per heavy atom. The molecule has 0 radical (unpaired) electrons. The molecule has 0 fully saturated rings. The van der Waals surface area contributed by atoms with Gasteiger partial charge in [0.2, 0.25) is 10.0 Å². The van der Waals surface area contributed by atoms with Crippen molar-refractivity contribution in [3.05, 3.63) is 59.4 Å². The molecule has 1 amide bonds. The Hall–Kier alpha value is -2.45. The molecular weight excluding hydrogens is 371 g/mol. The molecule has 1 aliphatic rings. The maximum atomic E-state index is 13.0. The molecule has 2 aromatic carbocycles. The number of halogens is 1. The summed E-state index contributed by atoms with van der Waals surface area (Å²) < 4.78 is 45.3. The van der Waals surface area contributed by atoms with E-state index in [4.69, 9.17) is 4.74 Å². The number of anilines is 2. The fraction of sp³-hybridized carbons (Fsp3) is 0.316. The zero-order valence-corrected chi connectivity index (χ0v) is 15.8. The number of hydrogen-bond acceptors (Lipinski definition) is 4. The minimum Gasteiger partial charge on any atom is -0.375 e. The van der Waals surface area contributed by atoms with Crippen molar-refractivity contribution in [3.63, 3.8) is 0 Å². The summed E-state index contributed by atoms with van der Waals surface area (Å²) in [5, 5.41) is 0. The Labute approximate surface area is 158 Å². The van der Waals surface area contributed by atoms with E-state index >= 15 is 0 Å². The predicted octanol–water partition coefficient (Wildman–Crippen LogP) is 2.69. The molecule has 144 valence electrons. The van der Waals surface area contributed by atoms with Crippen LogP contribution in [0.25, 0.3) is 0 Å². The van der Waals surface area contributed by atoms with Gasteiger partial charge in [0.15, 0.2) is 0 Å². The summed E-state index contributed by atoms with van der Waals surface area (Å²) in [4.78, 5) is 13.9. The number of nitrogens with one attached hydrogen (secondary N) is 1. The second-order valence-corrected chi connectivity index (χ2v) is 8.14. The molecule has 2 aromatic rings. The van der Waals surface area contributed by atoms with Gasteiger partial charge in [0.05, 0.1) is 11.4 Å². The number of carbonyl (C=O) groups is 1. The minimum absolute atomic E-state index is 0.0278. The van der Waals surface area contributed by atoms with Gasteiger partial charge in [-0.2, -0.15) is 0 Å². The number of fused-ring (bicyclic) bond motifs is 1. The van der Waals surface area contributed by atoms with Crippen LogP contribution in [0.5, 0.6) is 0 Å². The van der Waals surface area contributed by atoms with E-state index < -0.39 is 15.8 Å². The van der Waals surface area contributed by atoms with Crippen LogP contribution in [-0.4, -0.2) is 34.6 Å². The molecule has 0 spiro atoms. The van der Waals surface area contributed by atoms with E-state index in [2.05, 4.69) is 4.72 Å². The quantitative estimate of drug-likeness (QED) is 0.820. The Balaban J connectivity index is 1.80. The standard InChI is InChI=1S/C19H21FN2O4S/c1-26-12-19(23)22-10-2-3-15-6-9-17(11-18(15)22)21-27(24,25)13-14-4-7-16(20)8-5-14/h4-9,11,21H,2-3,10,12-13H2,1H3. The molecule has 0 aromatic heterocycles. The van der Waals surface area contributed by atoms with Crippen LogP contribution in [0.1, 0.15) is 17.5 Å². The first-order valence-electron chi connectivity index (χ1n) is 8.55. The van der Waals surface area contributed by atoms with Crippen molar-refractivity contribution in [1.29, 1.82) is 0 Å². The van der Waals surface area contributed by atoms with Crippen molar-refractivity contribution < 1.29 is 22.3 Å². The van der Waals surface area contributed by atoms with Gasteiger partial charge in [0.25, 0.3) is 5.91 Å². The molecule has 0 aliphatic carbocycles. The van der Waals surface area contributed by atoms with Crippen LogP contribution in [-0.2, 0) is 31.7 Å². The van der Waals surface area contributed by atoms with Crippen LogP contribution in [0.2, 0.25) is 0 Å². The number of hydrogen-bond donors (Lipinski definition) is 1. The largest absolute Gasteiger partial charge is 0.375 e. The van der Waals surface area contributed by atoms with E-state index in [1.807, 2.05) is 6.07 Å². The summed E-state index contributed by atoms with van der Waals surface area (Å²) in [6.07, 6.45) is 1.67. The van der Waals surface area contributed by atoms with Gasteiger partial charge in [0, 0.05) is 19.3 Å². The van der Waals surface area contributed by atoms with Crippen molar-refractivity contribution in [2.24, 2.45) is 0 Å². The predicted molar refractivity (Wildman–Crippen MR) is 102 cm³/mol. The fourth-order valence-electron chi connectivity index (χ4n) is 3.11. The molecule has 6 nitrogen and oxygen atoms in total. The highest BCUT2D eigenvalue weighted by Gasteiger charge is 2.23. The summed E-state index contributed by atoms with van der Waals surface area (Å²) >= 11 is 0. The third kappa shape index (κ3) is 4.84. The minimum atomic E-state index is -3.68. The van der Waals surface area contributed by atoms with Crippen LogP contribution >= 0.6 is 0 Å². The van der Waals surface area contributed by atoms with Gasteiger partial charge in [-0.15, -0.1) is 0 Å². The van der Waals surface area contributed by atoms with E-state index in [9.17, 15) is 17.6 Å². The van der Waals surface area contributed by atoms with E-state index in [0.717, 1.165) is 18.4 Å². The average Bonchev–Trinajstić information content (AvgIpc) is 2.62. The van der Waals surface area contributed by atoms with Crippen molar-refractivity contribution in [2.45, 2.75) is 18.6 Å². The van der Waals surface area contributed by atoms with Gasteiger partial charge in [-0.25, -0.2) is 12.8 Å². The topological polar surface area (TPSA) is 75.7 Å². The Kier molecular flexibility index (Phi) is 5.76. The normalized spacial score (nSPS) is 13.9. The molecule has 0 bridgehead atoms. The molecule has 0 unspecified atom stereocenters. The Bertz CT molecular complexity index is 929. The molecule has 0 saturated carbocycles. The number of methoxy groups -OCH3 is 1. The lowest BCUT2D eigenvalue weighted by molar-refractivity contribution is -0.122. The van der Waals surface area contributed by atoms with Gasteiger partial charge < -0.3 is 9.64 Å². The van der Waals surface area contributed by atoms with Gasteiger partial charge in [-0.1, -0.05) is 18.2 Å². The van der Waals surface area contributed by atoms with Gasteiger partial charge in [-0.3, -0.25) is 9.52 Å². The zero-order valence-electron chi connectivity index (χ0n) is 14.9. The number of ether oxygens (including phenoxy) is 1. The summed E-state index contributed by atoms with van der Waals surface area (Å²) in [6.45, 7) is 0.543. The van der Waals surface area contributed by atoms with Gasteiger partial charge in [-0.05, 0) is 48.2 Å². The first-order valence-corrected chi connectivity index (χ1v) is 10.2. The molecule has 0 saturated heterocycles. The van der Waals surface area contributed by atoms with Crippen LogP contribution in [0, 0.1) is 5.82 Å². The first kappa shape index (κ1) is 19.3. The first-order chi connectivity index (χ1) is 12.9. The third-order valence-electron chi connectivity index (χ3n) is 4.32. The molecular formula is C19H21FN2O4S. The Morgan fingerprint density at radius 3 is 2.67 bits per heavy atom. The Morgan fingerprint density at radius 1 is 1.22 bits per heavy atom. The van der Waals surface area contributed by atoms with E-state index in [1.165, 1.54) is 31.4 Å². The molecule has 1 aliphatic heterocycles. The van der Waals surface area contributed by atoms with Crippen LogP contribution in [0.4, 0.5) is 15.8 Å². The highest BCUT2D eigenvalue weighted by atomic mass is 32.2. The molecule has 1 N–H and O–H groups in total. The highest BCUT2D eigenvalue weighted by molar-refractivity contribution is 7.91. The molecule has 8 heteroatoms. The summed E-state index contributed by atoms with van der Waals surface area (Å²) in [5.41, 5.74) is 2.56. The van der Waals surface area contributed by atoms with Gasteiger partial charge in [0.1, 0.15) is 12.4 Å². The highest BCUT2D eigenvalue weighted by Crippen LogP contribution is 2.30. The summed E-state index contributed by atoms with van der Waals surface area (Å²) in [7, 11) is -2.21.